The third-order valence-electron chi connectivity index (χ3n) is 2.69. The van der Waals surface area contributed by atoms with Crippen LogP contribution >= 0.6 is 11.8 Å². The maximum atomic E-state index is 12.4. The maximum Gasteiger partial charge on any atom is 0.417 e. The molecule has 0 bridgehead atoms. The van der Waals surface area contributed by atoms with E-state index in [1.54, 1.807) is 18.2 Å². The summed E-state index contributed by atoms with van der Waals surface area (Å²) >= 11 is 1.17. The minimum Gasteiger partial charge on any atom is -0.398 e. The molecule has 0 saturated heterocycles. The van der Waals surface area contributed by atoms with Crippen LogP contribution in [-0.2, 0) is 6.18 Å². The number of benzene rings is 1. The van der Waals surface area contributed by atoms with E-state index < -0.39 is 11.7 Å². The molecule has 2 rings (SSSR count). The monoisotopic (exact) mass is 312 g/mol. The Morgan fingerprint density at radius 1 is 1.24 bits per heavy atom. The summed E-state index contributed by atoms with van der Waals surface area (Å²) in [7, 11) is 0. The number of hydrogen-bond acceptors (Lipinski definition) is 4. The van der Waals surface area contributed by atoms with Crippen molar-refractivity contribution in [3.63, 3.8) is 0 Å². The molecular weight excluding hydrogens is 301 g/mol. The Hall–Kier alpha value is -2.02. The summed E-state index contributed by atoms with van der Waals surface area (Å²) < 4.78 is 37.3. The molecule has 0 amide bonds. The first kappa shape index (κ1) is 15.4. The molecule has 2 aromatic rings. The van der Waals surface area contributed by atoms with Crippen LogP contribution < -0.4 is 5.73 Å². The van der Waals surface area contributed by atoms with Gasteiger partial charge in [-0.05, 0) is 37.3 Å². The first-order chi connectivity index (χ1) is 9.77. The second kappa shape index (κ2) is 5.77. The summed E-state index contributed by atoms with van der Waals surface area (Å²) in [6, 6.07) is 7.13. The van der Waals surface area contributed by atoms with Crippen LogP contribution in [0.4, 0.5) is 18.9 Å². The smallest absolute Gasteiger partial charge is 0.398 e. The van der Waals surface area contributed by atoms with Crippen molar-refractivity contribution >= 4 is 23.2 Å². The molecule has 2 N–H and O–H groups in total. The number of halogens is 3. The number of alkyl halides is 3. The topological polar surface area (TPSA) is 56.0 Å². The number of ketones is 1. The van der Waals surface area contributed by atoms with Gasteiger partial charge in [0.25, 0.3) is 0 Å². The third kappa shape index (κ3) is 3.75. The predicted octanol–water partition coefficient (Wildman–Crippen LogP) is 4.04. The Kier molecular flexibility index (Phi) is 4.22. The van der Waals surface area contributed by atoms with Crippen LogP contribution in [0.25, 0.3) is 0 Å². The quantitative estimate of drug-likeness (QED) is 0.686. The number of carbonyl (C=O) groups is 1. The largest absolute Gasteiger partial charge is 0.417 e. The predicted molar refractivity (Wildman–Crippen MR) is 74.2 cm³/mol. The van der Waals surface area contributed by atoms with E-state index in [4.69, 9.17) is 5.73 Å². The van der Waals surface area contributed by atoms with Crippen molar-refractivity contribution < 1.29 is 18.0 Å². The lowest BCUT2D eigenvalue weighted by atomic mass is 10.1. The molecule has 0 aliphatic rings. The van der Waals surface area contributed by atoms with Gasteiger partial charge in [0, 0.05) is 22.3 Å². The fraction of sp³-hybridized carbons (Fsp3) is 0.143. The van der Waals surface area contributed by atoms with Gasteiger partial charge >= 0.3 is 6.18 Å². The SMILES string of the molecule is CC(=O)c1ccc(Sc2ccc(C(F)(F)F)cn2)cc1N. The zero-order chi connectivity index (χ0) is 15.6. The second-order valence-corrected chi connectivity index (χ2v) is 5.38. The summed E-state index contributed by atoms with van der Waals surface area (Å²) in [5.74, 6) is -0.142. The van der Waals surface area contributed by atoms with Crippen molar-refractivity contribution in [2.75, 3.05) is 5.73 Å². The summed E-state index contributed by atoms with van der Waals surface area (Å²) in [5.41, 5.74) is 5.71. The number of anilines is 1. The molecule has 21 heavy (non-hydrogen) atoms. The van der Waals surface area contributed by atoms with Crippen LogP contribution in [-0.4, -0.2) is 10.8 Å². The van der Waals surface area contributed by atoms with Crippen molar-refractivity contribution in [3.8, 4) is 0 Å². The lowest BCUT2D eigenvalue weighted by Crippen LogP contribution is -2.05. The van der Waals surface area contributed by atoms with E-state index >= 15 is 0 Å². The highest BCUT2D eigenvalue weighted by atomic mass is 32.2. The minimum absolute atomic E-state index is 0.142. The molecule has 0 spiro atoms. The number of pyridine rings is 1. The van der Waals surface area contributed by atoms with Gasteiger partial charge in [0.2, 0.25) is 0 Å². The van der Waals surface area contributed by atoms with Gasteiger partial charge in [-0.15, -0.1) is 0 Å². The molecular formula is C14H11F3N2OS. The fourth-order valence-electron chi connectivity index (χ4n) is 1.65. The molecule has 0 saturated carbocycles. The van der Waals surface area contributed by atoms with Crippen LogP contribution in [0.15, 0.2) is 46.5 Å². The molecule has 0 radical (unpaired) electrons. The average Bonchev–Trinajstić information content (AvgIpc) is 2.38. The Morgan fingerprint density at radius 2 is 1.95 bits per heavy atom. The molecule has 0 aliphatic carbocycles. The third-order valence-corrected chi connectivity index (χ3v) is 3.63. The van der Waals surface area contributed by atoms with Crippen molar-refractivity contribution in [2.45, 2.75) is 23.0 Å². The van der Waals surface area contributed by atoms with Crippen molar-refractivity contribution in [1.29, 1.82) is 0 Å². The zero-order valence-corrected chi connectivity index (χ0v) is 11.8. The van der Waals surface area contributed by atoms with Gasteiger partial charge in [-0.1, -0.05) is 11.8 Å². The van der Waals surface area contributed by atoms with Gasteiger partial charge in [0.15, 0.2) is 5.78 Å². The van der Waals surface area contributed by atoms with Crippen molar-refractivity contribution in [3.05, 3.63) is 47.7 Å². The van der Waals surface area contributed by atoms with Crippen LogP contribution in [0, 0.1) is 0 Å². The fourth-order valence-corrected chi connectivity index (χ4v) is 2.46. The first-order valence-electron chi connectivity index (χ1n) is 5.89. The Morgan fingerprint density at radius 3 is 2.43 bits per heavy atom. The minimum atomic E-state index is -4.40. The molecule has 0 atom stereocenters. The molecule has 7 heteroatoms. The summed E-state index contributed by atoms with van der Waals surface area (Å²) in [4.78, 5) is 15.7. The van der Waals surface area contributed by atoms with Crippen molar-refractivity contribution in [1.82, 2.24) is 4.98 Å². The normalized spacial score (nSPS) is 11.4. The number of nitrogen functional groups attached to an aromatic ring is 1. The average molecular weight is 312 g/mol. The van der Waals surface area contributed by atoms with Crippen molar-refractivity contribution in [2.24, 2.45) is 0 Å². The molecule has 0 aliphatic heterocycles. The highest BCUT2D eigenvalue weighted by molar-refractivity contribution is 7.99. The summed E-state index contributed by atoms with van der Waals surface area (Å²) in [6.07, 6.45) is -3.61. The van der Waals surface area contributed by atoms with E-state index in [0.717, 1.165) is 12.3 Å². The Bertz CT molecular complexity index is 669. The lowest BCUT2D eigenvalue weighted by molar-refractivity contribution is -0.137. The second-order valence-electron chi connectivity index (χ2n) is 4.29. The molecule has 0 unspecified atom stereocenters. The van der Waals surface area contributed by atoms with Gasteiger partial charge in [-0.3, -0.25) is 4.79 Å². The highest BCUT2D eigenvalue weighted by Crippen LogP contribution is 2.32. The van der Waals surface area contributed by atoms with E-state index in [0.29, 0.717) is 21.2 Å². The van der Waals surface area contributed by atoms with Gasteiger partial charge in [-0.25, -0.2) is 4.98 Å². The van der Waals surface area contributed by atoms with Crippen LogP contribution in [0.5, 0.6) is 0 Å². The number of nitrogens with zero attached hydrogens (tertiary/aromatic N) is 1. The number of rotatable bonds is 3. The van der Waals surface area contributed by atoms with Gasteiger partial charge in [0.05, 0.1) is 5.56 Å². The van der Waals surface area contributed by atoms with Crippen LogP contribution in [0.2, 0.25) is 0 Å². The van der Waals surface area contributed by atoms with E-state index in [1.807, 2.05) is 0 Å². The standard InChI is InChI=1S/C14H11F3N2OS/c1-8(20)11-4-3-10(6-12(11)18)21-13-5-2-9(7-19-13)14(15,16)17/h2-7H,18H2,1H3. The number of hydrogen-bond donors (Lipinski definition) is 1. The van der Waals surface area contributed by atoms with Gasteiger partial charge < -0.3 is 5.73 Å². The van der Waals surface area contributed by atoms with Crippen LogP contribution in [0.3, 0.4) is 0 Å². The summed E-state index contributed by atoms with van der Waals surface area (Å²) in [5, 5.41) is 0.415. The Labute approximate surface area is 123 Å². The van der Waals surface area contributed by atoms with Crippen LogP contribution in [0.1, 0.15) is 22.8 Å². The number of nitrogens with two attached hydrogens (primary N) is 1. The number of aromatic nitrogens is 1. The van der Waals surface area contributed by atoms with E-state index in [1.165, 1.54) is 24.8 Å². The molecule has 3 nitrogen and oxygen atoms in total. The lowest BCUT2D eigenvalue weighted by Gasteiger charge is -2.08. The molecule has 0 fully saturated rings. The van der Waals surface area contributed by atoms with E-state index in [9.17, 15) is 18.0 Å². The van der Waals surface area contributed by atoms with E-state index in [2.05, 4.69) is 4.98 Å². The Balaban J connectivity index is 2.19. The number of carbonyl (C=O) groups excluding carboxylic acids is 1. The highest BCUT2D eigenvalue weighted by Gasteiger charge is 2.30. The maximum absolute atomic E-state index is 12.4. The summed E-state index contributed by atoms with van der Waals surface area (Å²) in [6.45, 7) is 1.41. The zero-order valence-electron chi connectivity index (χ0n) is 10.9. The molecule has 1 aromatic carbocycles. The first-order valence-corrected chi connectivity index (χ1v) is 6.70. The van der Waals surface area contributed by atoms with Gasteiger partial charge in [-0.2, -0.15) is 13.2 Å². The van der Waals surface area contributed by atoms with Gasteiger partial charge in [0.1, 0.15) is 5.03 Å². The van der Waals surface area contributed by atoms with E-state index in [-0.39, 0.29) is 5.78 Å². The number of Topliss-reactive ketones (excluding diaryl/α,β-unsaturated/α-hetero) is 1. The molecule has 1 aromatic heterocycles. The molecule has 110 valence electrons. The molecule has 1 heterocycles.